The summed E-state index contributed by atoms with van der Waals surface area (Å²) in [6, 6.07) is 8.09. The van der Waals surface area contributed by atoms with E-state index in [-0.39, 0.29) is 6.04 Å². The molecule has 1 N–H and O–H groups in total. The number of aryl methyl sites for hydroxylation is 1. The van der Waals surface area contributed by atoms with Crippen molar-refractivity contribution in [1.29, 1.82) is 0 Å². The quantitative estimate of drug-likeness (QED) is 0.856. The van der Waals surface area contributed by atoms with Crippen LogP contribution in [0, 0.1) is 0 Å². The maximum atomic E-state index is 5.97. The van der Waals surface area contributed by atoms with E-state index in [1.165, 1.54) is 0 Å². The lowest BCUT2D eigenvalue weighted by atomic mass is 10.2. The molecular weight excluding hydrogens is 268 g/mol. The highest BCUT2D eigenvalue weighted by atomic mass is 35.5. The fourth-order valence-corrected chi connectivity index (χ4v) is 3.00. The number of hydrogen-bond acceptors (Lipinski definition) is 4. The molecule has 1 aromatic carbocycles. The van der Waals surface area contributed by atoms with E-state index < -0.39 is 0 Å². The number of aromatic nitrogens is 3. The van der Waals surface area contributed by atoms with Crippen LogP contribution in [-0.2, 0) is 7.05 Å². The van der Waals surface area contributed by atoms with Crippen molar-refractivity contribution in [3.05, 3.63) is 41.2 Å². The molecule has 0 saturated heterocycles. The van der Waals surface area contributed by atoms with Gasteiger partial charge in [-0.25, -0.2) is 0 Å². The number of nitrogens with zero attached hydrogens (tertiary/aromatic N) is 3. The maximum Gasteiger partial charge on any atom is 0.0761 e. The second-order valence-corrected chi connectivity index (χ2v) is 5.42. The first kappa shape index (κ1) is 13.4. The van der Waals surface area contributed by atoms with Gasteiger partial charge in [0, 0.05) is 22.7 Å². The van der Waals surface area contributed by atoms with Crippen molar-refractivity contribution in [3.8, 4) is 0 Å². The van der Waals surface area contributed by atoms with Crippen molar-refractivity contribution in [2.24, 2.45) is 7.05 Å². The molecule has 1 atom stereocenters. The first-order valence-electron chi connectivity index (χ1n) is 5.61. The number of thioether (sulfide) groups is 1. The first-order chi connectivity index (χ1) is 8.70. The van der Waals surface area contributed by atoms with Gasteiger partial charge in [0.05, 0.1) is 17.9 Å². The highest BCUT2D eigenvalue weighted by Crippen LogP contribution is 2.25. The second-order valence-electron chi connectivity index (χ2n) is 3.89. The molecule has 0 bridgehead atoms. The van der Waals surface area contributed by atoms with E-state index in [1.54, 1.807) is 22.6 Å². The minimum absolute atomic E-state index is 0.217. The molecule has 6 heteroatoms. The normalized spacial score (nSPS) is 12.6. The second kappa shape index (κ2) is 6.22. The van der Waals surface area contributed by atoms with E-state index in [2.05, 4.69) is 21.7 Å². The van der Waals surface area contributed by atoms with Gasteiger partial charge in [-0.15, -0.1) is 16.9 Å². The standard InChI is InChI=1S/C12H15ClN4S/c1-14-11(12-7-15-16-17(12)2)8-18-10-5-3-4-9(13)6-10/h3-7,11,14H,8H2,1-2H3. The van der Waals surface area contributed by atoms with Gasteiger partial charge in [-0.1, -0.05) is 22.9 Å². The molecule has 1 aromatic heterocycles. The lowest BCUT2D eigenvalue weighted by Crippen LogP contribution is -2.21. The van der Waals surface area contributed by atoms with Gasteiger partial charge in [-0.05, 0) is 25.2 Å². The molecule has 2 aromatic rings. The molecule has 0 amide bonds. The Balaban J connectivity index is 2.02. The molecule has 0 fully saturated rings. The Labute approximate surface area is 116 Å². The van der Waals surface area contributed by atoms with E-state index in [1.807, 2.05) is 32.3 Å². The molecule has 96 valence electrons. The number of halogens is 1. The summed E-state index contributed by atoms with van der Waals surface area (Å²) in [5.41, 5.74) is 1.08. The predicted octanol–water partition coefficient (Wildman–Crippen LogP) is 2.52. The van der Waals surface area contributed by atoms with E-state index in [0.29, 0.717) is 0 Å². The highest BCUT2D eigenvalue weighted by molar-refractivity contribution is 7.99. The van der Waals surface area contributed by atoms with E-state index in [9.17, 15) is 0 Å². The van der Waals surface area contributed by atoms with Gasteiger partial charge in [-0.2, -0.15) is 0 Å². The zero-order chi connectivity index (χ0) is 13.0. The molecule has 0 spiro atoms. The average molecular weight is 283 g/mol. The summed E-state index contributed by atoms with van der Waals surface area (Å²) in [6.45, 7) is 0. The minimum atomic E-state index is 0.217. The number of rotatable bonds is 5. The zero-order valence-corrected chi connectivity index (χ0v) is 11.9. The lowest BCUT2D eigenvalue weighted by molar-refractivity contribution is 0.580. The molecule has 18 heavy (non-hydrogen) atoms. The molecular formula is C12H15ClN4S. The van der Waals surface area contributed by atoms with Crippen LogP contribution in [0.1, 0.15) is 11.7 Å². The molecule has 4 nitrogen and oxygen atoms in total. The fourth-order valence-electron chi connectivity index (χ4n) is 1.67. The Kier molecular flexibility index (Phi) is 4.63. The summed E-state index contributed by atoms with van der Waals surface area (Å²) in [4.78, 5) is 1.16. The Morgan fingerprint density at radius 3 is 2.94 bits per heavy atom. The van der Waals surface area contributed by atoms with Gasteiger partial charge >= 0.3 is 0 Å². The number of benzene rings is 1. The van der Waals surface area contributed by atoms with E-state index >= 15 is 0 Å². The Morgan fingerprint density at radius 2 is 2.33 bits per heavy atom. The van der Waals surface area contributed by atoms with Gasteiger partial charge in [0.25, 0.3) is 0 Å². The van der Waals surface area contributed by atoms with Crippen LogP contribution in [0.2, 0.25) is 5.02 Å². The van der Waals surface area contributed by atoms with Crippen LogP contribution in [0.15, 0.2) is 35.4 Å². The SMILES string of the molecule is CNC(CSc1cccc(Cl)c1)c1cnnn1C. The minimum Gasteiger partial charge on any atom is -0.311 e. The molecule has 2 rings (SSSR count). The first-order valence-corrected chi connectivity index (χ1v) is 6.97. The van der Waals surface area contributed by atoms with Gasteiger partial charge < -0.3 is 5.32 Å². The van der Waals surface area contributed by atoms with Crippen molar-refractivity contribution in [1.82, 2.24) is 20.3 Å². The van der Waals surface area contributed by atoms with Gasteiger partial charge in [0.2, 0.25) is 0 Å². The average Bonchev–Trinajstić information content (AvgIpc) is 2.77. The molecule has 0 aliphatic carbocycles. The summed E-state index contributed by atoms with van der Waals surface area (Å²) in [5, 5.41) is 11.9. The fraction of sp³-hybridized carbons (Fsp3) is 0.333. The Hall–Kier alpha value is -1.04. The topological polar surface area (TPSA) is 42.7 Å². The highest BCUT2D eigenvalue weighted by Gasteiger charge is 2.14. The summed E-state index contributed by atoms with van der Waals surface area (Å²) >= 11 is 7.72. The van der Waals surface area contributed by atoms with Crippen LogP contribution in [-0.4, -0.2) is 27.8 Å². The molecule has 0 aliphatic rings. The summed E-state index contributed by atoms with van der Waals surface area (Å²) in [7, 11) is 3.84. The van der Waals surface area contributed by atoms with Gasteiger partial charge in [0.15, 0.2) is 0 Å². The predicted molar refractivity (Wildman–Crippen MR) is 75.0 cm³/mol. The van der Waals surface area contributed by atoms with Crippen LogP contribution in [0.5, 0.6) is 0 Å². The van der Waals surface area contributed by atoms with Crippen LogP contribution < -0.4 is 5.32 Å². The maximum absolute atomic E-state index is 5.97. The van der Waals surface area contributed by atoms with E-state index in [4.69, 9.17) is 11.6 Å². The Morgan fingerprint density at radius 1 is 1.50 bits per heavy atom. The number of nitrogens with one attached hydrogen (secondary N) is 1. The van der Waals surface area contributed by atoms with Crippen molar-refractivity contribution in [2.75, 3.05) is 12.8 Å². The largest absolute Gasteiger partial charge is 0.311 e. The van der Waals surface area contributed by atoms with Crippen molar-refractivity contribution in [2.45, 2.75) is 10.9 Å². The number of hydrogen-bond donors (Lipinski definition) is 1. The molecule has 0 aliphatic heterocycles. The summed E-state index contributed by atoms with van der Waals surface area (Å²) in [5.74, 6) is 0.901. The molecule has 1 unspecified atom stereocenters. The third kappa shape index (κ3) is 3.25. The van der Waals surface area contributed by atoms with Crippen LogP contribution in [0.3, 0.4) is 0 Å². The third-order valence-electron chi connectivity index (χ3n) is 2.67. The summed E-state index contributed by atoms with van der Waals surface area (Å²) in [6.07, 6.45) is 1.79. The van der Waals surface area contributed by atoms with Crippen molar-refractivity contribution < 1.29 is 0 Å². The monoisotopic (exact) mass is 282 g/mol. The lowest BCUT2D eigenvalue weighted by Gasteiger charge is -2.15. The van der Waals surface area contributed by atoms with Gasteiger partial charge in [-0.3, -0.25) is 4.68 Å². The van der Waals surface area contributed by atoms with Crippen LogP contribution >= 0.6 is 23.4 Å². The summed E-state index contributed by atoms with van der Waals surface area (Å²) < 4.78 is 1.79. The molecule has 0 saturated carbocycles. The zero-order valence-electron chi connectivity index (χ0n) is 10.3. The molecule has 0 radical (unpaired) electrons. The third-order valence-corrected chi connectivity index (χ3v) is 3.99. The van der Waals surface area contributed by atoms with E-state index in [0.717, 1.165) is 21.4 Å². The van der Waals surface area contributed by atoms with Crippen molar-refractivity contribution in [3.63, 3.8) is 0 Å². The van der Waals surface area contributed by atoms with Gasteiger partial charge in [0.1, 0.15) is 0 Å². The Bertz CT molecular complexity index is 514. The van der Waals surface area contributed by atoms with Crippen LogP contribution in [0.25, 0.3) is 0 Å². The van der Waals surface area contributed by atoms with Crippen LogP contribution in [0.4, 0.5) is 0 Å². The van der Waals surface area contributed by atoms with Crippen molar-refractivity contribution >= 4 is 23.4 Å². The molecule has 1 heterocycles. The smallest absolute Gasteiger partial charge is 0.0761 e.